The molecule has 0 atom stereocenters. The van der Waals surface area contributed by atoms with Crippen LogP contribution in [-0.2, 0) is 0 Å². The molecule has 6 heteroatoms. The first kappa shape index (κ1) is 12.7. The number of thiophene rings is 1. The van der Waals surface area contributed by atoms with Crippen LogP contribution in [0.25, 0.3) is 20.8 Å². The van der Waals surface area contributed by atoms with Crippen LogP contribution in [0.2, 0.25) is 5.02 Å². The predicted octanol–water partition coefficient (Wildman–Crippen LogP) is 4.62. The first-order chi connectivity index (χ1) is 9.29. The molecule has 1 aromatic carbocycles. The SMILES string of the molecule is C=CCSc1n[nH]c(-c2sc3ccccc3c2Cl)n1. The second-order valence-corrected chi connectivity index (χ2v) is 6.22. The molecule has 0 aliphatic carbocycles. The molecule has 0 bridgehead atoms. The van der Waals surface area contributed by atoms with Crippen LogP contribution < -0.4 is 0 Å². The molecule has 3 aromatic rings. The maximum absolute atomic E-state index is 6.40. The fraction of sp³-hybridized carbons (Fsp3) is 0.0769. The van der Waals surface area contributed by atoms with Gasteiger partial charge in [-0.25, -0.2) is 4.98 Å². The van der Waals surface area contributed by atoms with E-state index in [0.717, 1.165) is 31.6 Å². The number of rotatable bonds is 4. The molecule has 3 rings (SSSR count). The van der Waals surface area contributed by atoms with Crippen LogP contribution in [0.4, 0.5) is 0 Å². The number of thioether (sulfide) groups is 1. The van der Waals surface area contributed by atoms with E-state index in [4.69, 9.17) is 11.6 Å². The number of nitrogens with one attached hydrogen (secondary N) is 1. The third-order valence-corrected chi connectivity index (χ3v) is 5.07. The van der Waals surface area contributed by atoms with Gasteiger partial charge in [0, 0.05) is 15.8 Å². The molecule has 2 heterocycles. The van der Waals surface area contributed by atoms with Gasteiger partial charge in [-0.3, -0.25) is 5.10 Å². The van der Waals surface area contributed by atoms with Crippen molar-refractivity contribution in [3.63, 3.8) is 0 Å². The number of hydrogen-bond donors (Lipinski definition) is 1. The zero-order valence-corrected chi connectivity index (χ0v) is 12.3. The van der Waals surface area contributed by atoms with Crippen molar-refractivity contribution in [2.45, 2.75) is 5.16 Å². The van der Waals surface area contributed by atoms with Crippen LogP contribution in [-0.4, -0.2) is 20.9 Å². The molecule has 96 valence electrons. The second-order valence-electron chi connectivity index (χ2n) is 3.81. The Kier molecular flexibility index (Phi) is 3.59. The molecule has 0 spiro atoms. The van der Waals surface area contributed by atoms with Crippen molar-refractivity contribution in [1.29, 1.82) is 0 Å². The smallest absolute Gasteiger partial charge is 0.209 e. The van der Waals surface area contributed by atoms with Gasteiger partial charge in [0.1, 0.15) is 0 Å². The van der Waals surface area contributed by atoms with Crippen molar-refractivity contribution >= 4 is 44.8 Å². The molecule has 0 aliphatic rings. The number of aromatic nitrogens is 3. The predicted molar refractivity (Wildman–Crippen MR) is 83.1 cm³/mol. The van der Waals surface area contributed by atoms with Crippen LogP contribution in [0.1, 0.15) is 0 Å². The quantitative estimate of drug-likeness (QED) is 0.565. The number of aromatic amines is 1. The molecule has 1 N–H and O–H groups in total. The molecular weight excluding hydrogens is 298 g/mol. The molecule has 2 aromatic heterocycles. The van der Waals surface area contributed by atoms with Crippen molar-refractivity contribution < 1.29 is 0 Å². The van der Waals surface area contributed by atoms with Crippen molar-refractivity contribution in [1.82, 2.24) is 15.2 Å². The Labute approximate surface area is 123 Å². The maximum Gasteiger partial charge on any atom is 0.209 e. The summed E-state index contributed by atoms with van der Waals surface area (Å²) in [7, 11) is 0. The summed E-state index contributed by atoms with van der Waals surface area (Å²) in [6, 6.07) is 8.06. The van der Waals surface area contributed by atoms with E-state index in [1.807, 2.05) is 24.3 Å². The molecule has 0 fully saturated rings. The Bertz CT molecular complexity index is 732. The number of halogens is 1. The van der Waals surface area contributed by atoms with Crippen molar-refractivity contribution in [3.05, 3.63) is 41.9 Å². The summed E-state index contributed by atoms with van der Waals surface area (Å²) in [5.74, 6) is 1.51. The summed E-state index contributed by atoms with van der Waals surface area (Å²) >= 11 is 9.56. The second kappa shape index (κ2) is 5.36. The lowest BCUT2D eigenvalue weighted by Crippen LogP contribution is -1.77. The van der Waals surface area contributed by atoms with E-state index in [2.05, 4.69) is 27.8 Å². The van der Waals surface area contributed by atoms with Gasteiger partial charge < -0.3 is 0 Å². The number of benzene rings is 1. The fourth-order valence-corrected chi connectivity index (χ4v) is 3.71. The standard InChI is InChI=1S/C13H10ClN3S2/c1-2-7-18-13-15-12(16-17-13)11-10(14)8-5-3-4-6-9(8)19-11/h2-6H,1,7H2,(H,15,16,17). The van der Waals surface area contributed by atoms with E-state index in [1.165, 1.54) is 11.8 Å². The summed E-state index contributed by atoms with van der Waals surface area (Å²) in [6.45, 7) is 3.68. The van der Waals surface area contributed by atoms with Gasteiger partial charge >= 0.3 is 0 Å². The number of fused-ring (bicyclic) bond motifs is 1. The minimum Gasteiger partial charge on any atom is -0.257 e. The Morgan fingerprint density at radius 2 is 2.26 bits per heavy atom. The molecule has 0 saturated carbocycles. The molecule has 0 saturated heterocycles. The van der Waals surface area contributed by atoms with E-state index >= 15 is 0 Å². The molecule has 0 aliphatic heterocycles. The highest BCUT2D eigenvalue weighted by Gasteiger charge is 2.15. The maximum atomic E-state index is 6.40. The van der Waals surface area contributed by atoms with E-state index in [0.29, 0.717) is 5.16 Å². The third-order valence-electron chi connectivity index (χ3n) is 2.55. The Hall–Kier alpha value is -1.30. The number of H-pyrrole nitrogens is 1. The summed E-state index contributed by atoms with van der Waals surface area (Å²) in [6.07, 6.45) is 1.83. The topological polar surface area (TPSA) is 41.6 Å². The van der Waals surface area contributed by atoms with Crippen LogP contribution in [0, 0.1) is 0 Å². The van der Waals surface area contributed by atoms with Crippen LogP contribution in [0.3, 0.4) is 0 Å². The van der Waals surface area contributed by atoms with Gasteiger partial charge in [0.15, 0.2) is 5.82 Å². The van der Waals surface area contributed by atoms with Crippen molar-refractivity contribution in [3.8, 4) is 10.7 Å². The summed E-state index contributed by atoms with van der Waals surface area (Å²) in [5, 5.41) is 9.61. The largest absolute Gasteiger partial charge is 0.257 e. The average molecular weight is 308 g/mol. The lowest BCUT2D eigenvalue weighted by molar-refractivity contribution is 0.975. The van der Waals surface area contributed by atoms with Crippen molar-refractivity contribution in [2.75, 3.05) is 5.75 Å². The summed E-state index contributed by atoms with van der Waals surface area (Å²) < 4.78 is 1.15. The van der Waals surface area contributed by atoms with Gasteiger partial charge in [-0.05, 0) is 6.07 Å². The molecule has 0 unspecified atom stereocenters. The monoisotopic (exact) mass is 307 g/mol. The van der Waals surface area contributed by atoms with E-state index in [-0.39, 0.29) is 0 Å². The molecule has 0 radical (unpaired) electrons. The van der Waals surface area contributed by atoms with E-state index in [9.17, 15) is 0 Å². The molecular formula is C13H10ClN3S2. The minimum absolute atomic E-state index is 0.712. The van der Waals surface area contributed by atoms with Gasteiger partial charge in [-0.2, -0.15) is 0 Å². The number of hydrogen-bond acceptors (Lipinski definition) is 4. The highest BCUT2D eigenvalue weighted by Crippen LogP contribution is 2.40. The van der Waals surface area contributed by atoms with Gasteiger partial charge in [-0.1, -0.05) is 47.6 Å². The van der Waals surface area contributed by atoms with E-state index in [1.54, 1.807) is 11.3 Å². The van der Waals surface area contributed by atoms with Gasteiger partial charge in [0.25, 0.3) is 0 Å². The summed E-state index contributed by atoms with van der Waals surface area (Å²) in [5.41, 5.74) is 0. The lowest BCUT2D eigenvalue weighted by Gasteiger charge is -1.91. The van der Waals surface area contributed by atoms with Gasteiger partial charge in [0.2, 0.25) is 5.16 Å². The fourth-order valence-electron chi connectivity index (χ4n) is 1.71. The highest BCUT2D eigenvalue weighted by atomic mass is 35.5. The van der Waals surface area contributed by atoms with Gasteiger partial charge in [-0.15, -0.1) is 23.0 Å². The lowest BCUT2D eigenvalue weighted by atomic mass is 10.2. The third kappa shape index (κ3) is 2.41. The Balaban J connectivity index is 2.01. The Morgan fingerprint density at radius 3 is 3.05 bits per heavy atom. The molecule has 3 nitrogen and oxygen atoms in total. The first-order valence-electron chi connectivity index (χ1n) is 5.63. The van der Waals surface area contributed by atoms with Crippen molar-refractivity contribution in [2.24, 2.45) is 0 Å². The van der Waals surface area contributed by atoms with Crippen LogP contribution in [0.5, 0.6) is 0 Å². The molecule has 0 amide bonds. The van der Waals surface area contributed by atoms with E-state index < -0.39 is 0 Å². The van der Waals surface area contributed by atoms with Gasteiger partial charge in [0.05, 0.1) is 9.90 Å². The van der Waals surface area contributed by atoms with Crippen LogP contribution in [0.15, 0.2) is 42.1 Å². The first-order valence-corrected chi connectivity index (χ1v) is 7.81. The van der Waals surface area contributed by atoms with Crippen LogP contribution >= 0.6 is 34.7 Å². The average Bonchev–Trinajstić information content (AvgIpc) is 3.02. The Morgan fingerprint density at radius 1 is 1.42 bits per heavy atom. The zero-order chi connectivity index (χ0) is 13.2. The normalized spacial score (nSPS) is 11.0. The highest BCUT2D eigenvalue weighted by molar-refractivity contribution is 7.99. The minimum atomic E-state index is 0.712. The zero-order valence-electron chi connectivity index (χ0n) is 9.89. The number of nitrogens with zero attached hydrogens (tertiary/aromatic N) is 2. The molecule has 19 heavy (non-hydrogen) atoms. The summed E-state index contributed by atoms with van der Waals surface area (Å²) in [4.78, 5) is 5.38.